The van der Waals surface area contributed by atoms with Gasteiger partial charge in [0.05, 0.1) is 7.11 Å². The van der Waals surface area contributed by atoms with E-state index in [9.17, 15) is 15.2 Å². The lowest BCUT2D eigenvalue weighted by Crippen LogP contribution is -2.13. The number of ether oxygens (including phenoxy) is 1. The van der Waals surface area contributed by atoms with E-state index in [1.165, 1.54) is 13.2 Å². The van der Waals surface area contributed by atoms with Crippen LogP contribution in [0.25, 0.3) is 6.08 Å². The van der Waals surface area contributed by atoms with Crippen molar-refractivity contribution in [2.45, 2.75) is 6.42 Å². The van der Waals surface area contributed by atoms with E-state index in [4.69, 9.17) is 16.3 Å². The summed E-state index contributed by atoms with van der Waals surface area (Å²) in [5, 5.41) is 22.6. The molecule has 0 aliphatic heterocycles. The second-order valence-corrected chi connectivity index (χ2v) is 5.79. The van der Waals surface area contributed by atoms with Gasteiger partial charge in [-0.2, -0.15) is 5.26 Å². The highest BCUT2D eigenvalue weighted by Crippen LogP contribution is 2.32. The van der Waals surface area contributed by atoms with E-state index in [1.807, 2.05) is 6.07 Å². The lowest BCUT2D eigenvalue weighted by molar-refractivity contribution is -0.112. The number of phenols is 1. The topological polar surface area (TPSA) is 82.4 Å². The van der Waals surface area contributed by atoms with Gasteiger partial charge in [0.2, 0.25) is 0 Å². The van der Waals surface area contributed by atoms with Crippen LogP contribution in [0.1, 0.15) is 11.1 Å². The van der Waals surface area contributed by atoms with Crippen molar-refractivity contribution in [3.05, 3.63) is 70.8 Å². The van der Waals surface area contributed by atoms with Crippen LogP contribution in [0.4, 0.5) is 5.69 Å². The molecule has 0 aliphatic carbocycles. The number of aromatic hydroxyl groups is 1. The third-order valence-electron chi connectivity index (χ3n) is 3.52. The van der Waals surface area contributed by atoms with E-state index in [0.717, 1.165) is 0 Å². The summed E-state index contributed by atoms with van der Waals surface area (Å²) in [5.41, 5.74) is 1.52. The summed E-state index contributed by atoms with van der Waals surface area (Å²) in [6.07, 6.45) is 3.48. The molecule has 2 N–H and O–H groups in total. The van der Waals surface area contributed by atoms with Crippen LogP contribution in [0, 0.1) is 11.3 Å². The Kier molecular flexibility index (Phi) is 6.42. The zero-order valence-electron chi connectivity index (χ0n) is 14.1. The van der Waals surface area contributed by atoms with Crippen molar-refractivity contribution in [3.8, 4) is 17.6 Å². The van der Waals surface area contributed by atoms with Gasteiger partial charge in [-0.05, 0) is 48.4 Å². The second kappa shape index (κ2) is 8.75. The first-order valence-electron chi connectivity index (χ1n) is 7.68. The summed E-state index contributed by atoms with van der Waals surface area (Å²) in [4.78, 5) is 12.3. The van der Waals surface area contributed by atoms with Crippen molar-refractivity contribution < 1.29 is 14.6 Å². The summed E-state index contributed by atoms with van der Waals surface area (Å²) < 4.78 is 5.15. The first-order valence-corrected chi connectivity index (χ1v) is 8.05. The fraction of sp³-hybridized carbons (Fsp3) is 0.100. The molecule has 0 saturated carbocycles. The molecular weight excluding hydrogens is 352 g/mol. The minimum absolute atomic E-state index is 0.00596. The number of nitriles is 1. The maximum atomic E-state index is 12.3. The molecule has 0 fully saturated rings. The van der Waals surface area contributed by atoms with Crippen molar-refractivity contribution in [2.75, 3.05) is 12.4 Å². The summed E-state index contributed by atoms with van der Waals surface area (Å²) in [6, 6.07) is 11.7. The predicted molar refractivity (Wildman–Crippen MR) is 102 cm³/mol. The smallest absolute Gasteiger partial charge is 0.266 e. The van der Waals surface area contributed by atoms with E-state index in [1.54, 1.807) is 42.5 Å². The standard InChI is InChI=1S/C20H17ClN2O3/c1-3-5-14-8-13(10-18(26-2)19(14)24)9-15(12-22)20(25)23-17-7-4-6-16(21)11-17/h3-4,6-11,24H,1,5H2,2H3,(H,23,25)/b15-9+. The van der Waals surface area contributed by atoms with Crippen LogP contribution in [0.5, 0.6) is 11.5 Å². The molecule has 1 amide bonds. The minimum Gasteiger partial charge on any atom is -0.504 e. The SMILES string of the molecule is C=CCc1cc(/C=C(\C#N)C(=O)Nc2cccc(Cl)c2)cc(OC)c1O. The zero-order chi connectivity index (χ0) is 19.1. The molecule has 26 heavy (non-hydrogen) atoms. The molecule has 2 aromatic rings. The van der Waals surface area contributed by atoms with Crippen molar-refractivity contribution >= 4 is 29.3 Å². The Balaban J connectivity index is 2.35. The summed E-state index contributed by atoms with van der Waals surface area (Å²) >= 11 is 5.89. The minimum atomic E-state index is -0.563. The molecule has 6 heteroatoms. The van der Waals surface area contributed by atoms with Crippen LogP contribution in [0.2, 0.25) is 5.02 Å². The van der Waals surface area contributed by atoms with Crippen LogP contribution in [0.15, 0.2) is 54.6 Å². The molecule has 0 atom stereocenters. The number of hydrogen-bond acceptors (Lipinski definition) is 4. The Morgan fingerprint density at radius 2 is 2.19 bits per heavy atom. The van der Waals surface area contributed by atoms with Gasteiger partial charge < -0.3 is 15.2 Å². The van der Waals surface area contributed by atoms with Crippen LogP contribution >= 0.6 is 11.6 Å². The monoisotopic (exact) mass is 368 g/mol. The second-order valence-electron chi connectivity index (χ2n) is 5.36. The Hall–Kier alpha value is -3.23. The average molecular weight is 369 g/mol. The zero-order valence-corrected chi connectivity index (χ0v) is 14.9. The number of phenolic OH excluding ortho intramolecular Hbond substituents is 1. The van der Waals surface area contributed by atoms with Gasteiger partial charge in [0.25, 0.3) is 5.91 Å². The fourth-order valence-corrected chi connectivity index (χ4v) is 2.51. The molecule has 0 bridgehead atoms. The van der Waals surface area contributed by atoms with Gasteiger partial charge in [-0.15, -0.1) is 6.58 Å². The number of amides is 1. The number of nitrogens with zero attached hydrogens (tertiary/aromatic N) is 1. The summed E-state index contributed by atoms with van der Waals surface area (Å²) in [7, 11) is 1.43. The lowest BCUT2D eigenvalue weighted by Gasteiger charge is -2.10. The van der Waals surface area contributed by atoms with Crippen molar-refractivity contribution in [1.82, 2.24) is 0 Å². The summed E-state index contributed by atoms with van der Waals surface area (Å²) in [5.74, 6) is -0.304. The molecule has 0 radical (unpaired) electrons. The Labute approximate surface area is 156 Å². The molecule has 2 rings (SSSR count). The Bertz CT molecular complexity index is 914. The number of methoxy groups -OCH3 is 1. The lowest BCUT2D eigenvalue weighted by atomic mass is 10.0. The van der Waals surface area contributed by atoms with Gasteiger partial charge in [0, 0.05) is 16.3 Å². The number of halogens is 1. The first kappa shape index (κ1) is 19.1. The maximum absolute atomic E-state index is 12.3. The number of hydrogen-bond donors (Lipinski definition) is 2. The normalized spacial score (nSPS) is 10.7. The Morgan fingerprint density at radius 3 is 2.81 bits per heavy atom. The molecule has 132 valence electrons. The number of carbonyl (C=O) groups is 1. The first-order chi connectivity index (χ1) is 12.5. The van der Waals surface area contributed by atoms with Gasteiger partial charge in [-0.25, -0.2) is 0 Å². The van der Waals surface area contributed by atoms with Crippen LogP contribution in [0.3, 0.4) is 0 Å². The fourth-order valence-electron chi connectivity index (χ4n) is 2.32. The van der Waals surface area contributed by atoms with Gasteiger partial charge in [-0.3, -0.25) is 4.79 Å². The third kappa shape index (κ3) is 4.65. The molecule has 5 nitrogen and oxygen atoms in total. The van der Waals surface area contributed by atoms with Crippen LogP contribution in [-0.4, -0.2) is 18.1 Å². The van der Waals surface area contributed by atoms with Crippen molar-refractivity contribution in [1.29, 1.82) is 5.26 Å². The van der Waals surface area contributed by atoms with Crippen LogP contribution < -0.4 is 10.1 Å². The number of benzene rings is 2. The van der Waals surface area contributed by atoms with Gasteiger partial charge >= 0.3 is 0 Å². The van der Waals surface area contributed by atoms with E-state index in [0.29, 0.717) is 28.3 Å². The van der Waals surface area contributed by atoms with E-state index in [2.05, 4.69) is 11.9 Å². The molecule has 0 aromatic heterocycles. The van der Waals surface area contributed by atoms with E-state index < -0.39 is 5.91 Å². The Morgan fingerprint density at radius 1 is 1.42 bits per heavy atom. The molecule has 0 aliphatic rings. The number of allylic oxidation sites excluding steroid dienone is 1. The number of nitrogens with one attached hydrogen (secondary N) is 1. The quantitative estimate of drug-likeness (QED) is 0.451. The van der Waals surface area contributed by atoms with Gasteiger partial charge in [-0.1, -0.05) is 23.7 Å². The highest BCUT2D eigenvalue weighted by atomic mass is 35.5. The van der Waals surface area contributed by atoms with Crippen molar-refractivity contribution in [3.63, 3.8) is 0 Å². The molecule has 0 saturated heterocycles. The van der Waals surface area contributed by atoms with E-state index >= 15 is 0 Å². The molecular formula is C20H17ClN2O3. The van der Waals surface area contributed by atoms with Gasteiger partial charge in [0.15, 0.2) is 11.5 Å². The molecule has 2 aromatic carbocycles. The third-order valence-corrected chi connectivity index (χ3v) is 3.75. The van der Waals surface area contributed by atoms with Crippen molar-refractivity contribution in [2.24, 2.45) is 0 Å². The highest BCUT2D eigenvalue weighted by molar-refractivity contribution is 6.31. The van der Waals surface area contributed by atoms with E-state index in [-0.39, 0.29) is 17.1 Å². The predicted octanol–water partition coefficient (Wildman–Crippen LogP) is 4.33. The number of carbonyl (C=O) groups excluding carboxylic acids is 1. The van der Waals surface area contributed by atoms with Gasteiger partial charge in [0.1, 0.15) is 11.6 Å². The highest BCUT2D eigenvalue weighted by Gasteiger charge is 2.13. The van der Waals surface area contributed by atoms with Crippen LogP contribution in [-0.2, 0) is 11.2 Å². The average Bonchev–Trinajstić information content (AvgIpc) is 2.62. The molecule has 0 heterocycles. The molecule has 0 spiro atoms. The number of anilines is 1. The number of rotatable bonds is 6. The maximum Gasteiger partial charge on any atom is 0.266 e. The largest absolute Gasteiger partial charge is 0.504 e. The summed E-state index contributed by atoms with van der Waals surface area (Å²) in [6.45, 7) is 3.65. The molecule has 0 unspecified atom stereocenters.